The van der Waals surface area contributed by atoms with Gasteiger partial charge in [-0.05, 0) is 67.0 Å². The highest BCUT2D eigenvalue weighted by molar-refractivity contribution is 5.46. The average Bonchev–Trinajstić information content (AvgIpc) is 2.49. The first kappa shape index (κ1) is 14.2. The maximum atomic E-state index is 6.82. The first-order valence-corrected chi connectivity index (χ1v) is 7.55. The second-order valence-electron chi connectivity index (χ2n) is 6.24. The summed E-state index contributed by atoms with van der Waals surface area (Å²) in [5.41, 5.74) is 13.0. The monoisotopic (exact) mass is 281 g/mol. The molecule has 21 heavy (non-hydrogen) atoms. The van der Waals surface area contributed by atoms with E-state index in [0.29, 0.717) is 0 Å². The molecule has 1 aliphatic rings. The van der Waals surface area contributed by atoms with Gasteiger partial charge in [0.05, 0.1) is 7.11 Å². The van der Waals surface area contributed by atoms with Crippen molar-refractivity contribution in [1.82, 2.24) is 0 Å². The molecule has 2 aromatic rings. The van der Waals surface area contributed by atoms with Crippen molar-refractivity contribution in [3.05, 3.63) is 64.2 Å². The van der Waals surface area contributed by atoms with Crippen LogP contribution in [-0.4, -0.2) is 7.11 Å². The largest absolute Gasteiger partial charge is 0.496 e. The molecule has 0 aliphatic heterocycles. The van der Waals surface area contributed by atoms with Crippen LogP contribution in [0, 0.1) is 13.8 Å². The molecular formula is C19H23NO. The first-order valence-electron chi connectivity index (χ1n) is 7.55. The minimum absolute atomic E-state index is 0.268. The number of hydrogen-bond donors (Lipinski definition) is 1. The van der Waals surface area contributed by atoms with Crippen molar-refractivity contribution in [1.29, 1.82) is 0 Å². The van der Waals surface area contributed by atoms with Crippen LogP contribution in [0.1, 0.15) is 34.2 Å². The number of ether oxygens (including phenoxy) is 1. The standard InChI is InChI=1S/C19H23NO/c1-13-11-18(21-3)14(2)10-17(13)19(20)9-8-15-6-4-5-7-16(15)12-19/h4-7,10-11H,8-9,12,20H2,1-3H3. The van der Waals surface area contributed by atoms with Gasteiger partial charge >= 0.3 is 0 Å². The van der Waals surface area contributed by atoms with Gasteiger partial charge in [0.25, 0.3) is 0 Å². The molecule has 2 heteroatoms. The highest BCUT2D eigenvalue weighted by atomic mass is 16.5. The third kappa shape index (κ3) is 2.44. The molecule has 0 amide bonds. The second kappa shape index (κ2) is 5.19. The molecule has 0 aromatic heterocycles. The van der Waals surface area contributed by atoms with Crippen molar-refractivity contribution in [3.8, 4) is 5.75 Å². The molecule has 2 N–H and O–H groups in total. The Labute approximate surface area is 126 Å². The van der Waals surface area contributed by atoms with Crippen molar-refractivity contribution in [2.45, 2.75) is 38.6 Å². The molecule has 0 fully saturated rings. The molecule has 0 radical (unpaired) electrons. The fourth-order valence-electron chi connectivity index (χ4n) is 3.54. The van der Waals surface area contributed by atoms with Gasteiger partial charge in [-0.1, -0.05) is 30.3 Å². The molecule has 0 heterocycles. The molecule has 110 valence electrons. The van der Waals surface area contributed by atoms with Gasteiger partial charge in [0, 0.05) is 5.54 Å². The number of fused-ring (bicyclic) bond motifs is 1. The Morgan fingerprint density at radius 1 is 1.05 bits per heavy atom. The Kier molecular flexibility index (Phi) is 3.50. The van der Waals surface area contributed by atoms with E-state index in [-0.39, 0.29) is 5.54 Å². The van der Waals surface area contributed by atoms with Crippen LogP contribution in [0.4, 0.5) is 0 Å². The summed E-state index contributed by atoms with van der Waals surface area (Å²) >= 11 is 0. The van der Waals surface area contributed by atoms with Gasteiger partial charge in [-0.2, -0.15) is 0 Å². The van der Waals surface area contributed by atoms with Gasteiger partial charge in [-0.25, -0.2) is 0 Å². The van der Waals surface area contributed by atoms with Crippen LogP contribution in [0.15, 0.2) is 36.4 Å². The highest BCUT2D eigenvalue weighted by Crippen LogP contribution is 2.37. The van der Waals surface area contributed by atoms with E-state index in [9.17, 15) is 0 Å². The molecule has 2 aromatic carbocycles. The Hall–Kier alpha value is -1.80. The van der Waals surface area contributed by atoms with Crippen molar-refractivity contribution in [2.24, 2.45) is 5.73 Å². The molecule has 2 nitrogen and oxygen atoms in total. The van der Waals surface area contributed by atoms with Gasteiger partial charge in [-0.3, -0.25) is 0 Å². The predicted octanol–water partition coefficient (Wildman–Crippen LogP) is 3.65. The zero-order chi connectivity index (χ0) is 15.0. The molecule has 0 saturated heterocycles. The summed E-state index contributed by atoms with van der Waals surface area (Å²) in [4.78, 5) is 0. The molecule has 0 saturated carbocycles. The number of aryl methyl sites for hydroxylation is 3. The van der Waals surface area contributed by atoms with Gasteiger partial charge < -0.3 is 10.5 Å². The maximum Gasteiger partial charge on any atom is 0.122 e. The molecule has 3 rings (SSSR count). The lowest BCUT2D eigenvalue weighted by molar-refractivity contribution is 0.380. The quantitative estimate of drug-likeness (QED) is 0.912. The Morgan fingerprint density at radius 2 is 1.76 bits per heavy atom. The van der Waals surface area contributed by atoms with Crippen LogP contribution in [-0.2, 0) is 18.4 Å². The number of methoxy groups -OCH3 is 1. The maximum absolute atomic E-state index is 6.82. The van der Waals surface area contributed by atoms with Crippen LogP contribution in [0.5, 0.6) is 5.75 Å². The third-order valence-corrected chi connectivity index (χ3v) is 4.74. The smallest absolute Gasteiger partial charge is 0.122 e. The van der Waals surface area contributed by atoms with Gasteiger partial charge in [0.15, 0.2) is 0 Å². The topological polar surface area (TPSA) is 35.2 Å². The van der Waals surface area contributed by atoms with Crippen LogP contribution in [0.3, 0.4) is 0 Å². The molecule has 1 atom stereocenters. The number of benzene rings is 2. The van der Waals surface area contributed by atoms with Crippen LogP contribution >= 0.6 is 0 Å². The zero-order valence-corrected chi connectivity index (χ0v) is 13.1. The summed E-state index contributed by atoms with van der Waals surface area (Å²) < 4.78 is 5.42. The fourth-order valence-corrected chi connectivity index (χ4v) is 3.54. The number of nitrogens with two attached hydrogens (primary N) is 1. The first-order chi connectivity index (χ1) is 10.0. The summed E-state index contributed by atoms with van der Waals surface area (Å²) in [5.74, 6) is 0.941. The zero-order valence-electron chi connectivity index (χ0n) is 13.1. The van der Waals surface area contributed by atoms with E-state index in [0.717, 1.165) is 30.6 Å². The minimum atomic E-state index is -0.268. The summed E-state index contributed by atoms with van der Waals surface area (Å²) in [5, 5.41) is 0. The van der Waals surface area contributed by atoms with Gasteiger partial charge in [0.1, 0.15) is 5.75 Å². The number of hydrogen-bond acceptors (Lipinski definition) is 2. The summed E-state index contributed by atoms with van der Waals surface area (Å²) in [6.07, 6.45) is 2.96. The second-order valence-corrected chi connectivity index (χ2v) is 6.24. The van der Waals surface area contributed by atoms with Crippen LogP contribution in [0.25, 0.3) is 0 Å². The summed E-state index contributed by atoms with van der Waals surface area (Å²) in [6, 6.07) is 13.0. The molecule has 0 spiro atoms. The number of rotatable bonds is 2. The van der Waals surface area contributed by atoms with E-state index in [4.69, 9.17) is 10.5 Å². The van der Waals surface area contributed by atoms with E-state index >= 15 is 0 Å². The lowest BCUT2D eigenvalue weighted by Crippen LogP contribution is -2.42. The summed E-state index contributed by atoms with van der Waals surface area (Å²) in [7, 11) is 1.72. The molecule has 1 aliphatic carbocycles. The molecule has 0 bridgehead atoms. The van der Waals surface area contributed by atoms with Gasteiger partial charge in [0.2, 0.25) is 0 Å². The van der Waals surface area contributed by atoms with Crippen LogP contribution in [0.2, 0.25) is 0 Å². The summed E-state index contributed by atoms with van der Waals surface area (Å²) in [6.45, 7) is 4.22. The Balaban J connectivity index is 2.03. The van der Waals surface area contributed by atoms with Gasteiger partial charge in [-0.15, -0.1) is 0 Å². The lowest BCUT2D eigenvalue weighted by Gasteiger charge is -2.36. The minimum Gasteiger partial charge on any atom is -0.496 e. The van der Waals surface area contributed by atoms with Crippen molar-refractivity contribution >= 4 is 0 Å². The van der Waals surface area contributed by atoms with Crippen molar-refractivity contribution in [3.63, 3.8) is 0 Å². The fraction of sp³-hybridized carbons (Fsp3) is 0.368. The lowest BCUT2D eigenvalue weighted by atomic mass is 9.73. The Bertz CT molecular complexity index is 677. The molecule has 1 unspecified atom stereocenters. The van der Waals surface area contributed by atoms with E-state index in [1.165, 1.54) is 22.3 Å². The van der Waals surface area contributed by atoms with E-state index in [1.54, 1.807) is 7.11 Å². The van der Waals surface area contributed by atoms with Crippen LogP contribution < -0.4 is 10.5 Å². The predicted molar refractivity (Wildman–Crippen MR) is 86.8 cm³/mol. The van der Waals surface area contributed by atoms with E-state index in [2.05, 4.69) is 50.2 Å². The van der Waals surface area contributed by atoms with E-state index in [1.807, 2.05) is 0 Å². The average molecular weight is 281 g/mol. The van der Waals surface area contributed by atoms with E-state index < -0.39 is 0 Å². The Morgan fingerprint density at radius 3 is 2.48 bits per heavy atom. The highest BCUT2D eigenvalue weighted by Gasteiger charge is 2.33. The third-order valence-electron chi connectivity index (χ3n) is 4.74. The van der Waals surface area contributed by atoms with Crippen molar-refractivity contribution in [2.75, 3.05) is 7.11 Å². The SMILES string of the molecule is COc1cc(C)c(C2(N)CCc3ccccc3C2)cc1C. The normalized spacial score (nSPS) is 21.0. The molecular weight excluding hydrogens is 258 g/mol. The van der Waals surface area contributed by atoms with Crippen molar-refractivity contribution < 1.29 is 4.74 Å².